The molecule has 1 saturated heterocycles. The van der Waals surface area contributed by atoms with Gasteiger partial charge in [0.2, 0.25) is 0 Å². The summed E-state index contributed by atoms with van der Waals surface area (Å²) in [5.41, 5.74) is 11.7. The molecule has 0 spiro atoms. The van der Waals surface area contributed by atoms with Gasteiger partial charge in [0, 0.05) is 23.5 Å². The van der Waals surface area contributed by atoms with Crippen molar-refractivity contribution >= 4 is 11.6 Å². The van der Waals surface area contributed by atoms with Gasteiger partial charge in [-0.05, 0) is 61.6 Å². The number of carbonyl (C=O) groups excluding carboxylic acids is 1. The van der Waals surface area contributed by atoms with Crippen molar-refractivity contribution < 1.29 is 9.53 Å². The zero-order chi connectivity index (χ0) is 17.4. The van der Waals surface area contributed by atoms with Crippen molar-refractivity contribution in [3.05, 3.63) is 58.4 Å². The van der Waals surface area contributed by atoms with Gasteiger partial charge in [0.05, 0.1) is 18.8 Å². The minimum Gasteiger partial charge on any atom is -0.399 e. The van der Waals surface area contributed by atoms with Gasteiger partial charge in [-0.25, -0.2) is 0 Å². The van der Waals surface area contributed by atoms with Crippen LogP contribution in [-0.4, -0.2) is 35.5 Å². The number of aryl methyl sites for hydroxylation is 3. The Labute approximate surface area is 147 Å². The molecule has 0 radical (unpaired) electrons. The van der Waals surface area contributed by atoms with Gasteiger partial charge in [-0.1, -0.05) is 6.07 Å². The van der Waals surface area contributed by atoms with Crippen LogP contribution in [0.4, 0.5) is 5.69 Å². The Hall–Kier alpha value is -2.40. The van der Waals surface area contributed by atoms with E-state index in [0.717, 1.165) is 29.8 Å². The highest BCUT2D eigenvalue weighted by Gasteiger charge is 2.27. The van der Waals surface area contributed by atoms with Crippen LogP contribution < -0.4 is 5.73 Å². The second kappa shape index (κ2) is 6.48. The maximum absolute atomic E-state index is 12.9. The summed E-state index contributed by atoms with van der Waals surface area (Å²) in [7, 11) is 0. The molecule has 2 aromatic rings. The number of nitrogen functional groups attached to an aromatic ring is 1. The van der Waals surface area contributed by atoms with E-state index in [0.29, 0.717) is 25.4 Å². The number of anilines is 1. The molecule has 130 valence electrons. The summed E-state index contributed by atoms with van der Waals surface area (Å²) in [6.07, 6.45) is 3.17. The molecule has 1 unspecified atom stereocenters. The van der Waals surface area contributed by atoms with E-state index in [9.17, 15) is 4.79 Å². The quantitative estimate of drug-likeness (QED) is 0.915. The molecule has 0 bridgehead atoms. The molecular weight excluding hydrogens is 314 g/mol. The molecule has 1 atom stereocenters. The number of nitrogens with two attached hydrogens (primary N) is 1. The molecule has 2 N–H and O–H groups in total. The first-order valence-corrected chi connectivity index (χ1v) is 8.87. The average Bonchev–Trinajstić information content (AvgIpc) is 3.08. The van der Waals surface area contributed by atoms with Crippen LogP contribution in [0.5, 0.6) is 0 Å². The number of nitrogens with zero attached hydrogens (tertiary/aromatic N) is 2. The molecule has 2 aliphatic rings. The number of aromatic nitrogens is 1. The number of ether oxygens (including phenoxy) is 1. The van der Waals surface area contributed by atoms with E-state index in [2.05, 4.69) is 17.1 Å². The SMILES string of the molecule is Cc1cc(N)cc(C2CN(C(=O)c3ccc4c(c3)CCC4)CCO2)n1. The van der Waals surface area contributed by atoms with Crippen molar-refractivity contribution in [2.24, 2.45) is 0 Å². The van der Waals surface area contributed by atoms with E-state index in [4.69, 9.17) is 10.5 Å². The fourth-order valence-corrected chi connectivity index (χ4v) is 3.79. The number of carbonyl (C=O) groups is 1. The molecule has 1 aliphatic heterocycles. The topological polar surface area (TPSA) is 68.5 Å². The number of fused-ring (bicyclic) bond motifs is 1. The third-order valence-electron chi connectivity index (χ3n) is 5.02. The monoisotopic (exact) mass is 337 g/mol. The molecule has 4 rings (SSSR count). The summed E-state index contributed by atoms with van der Waals surface area (Å²) >= 11 is 0. The van der Waals surface area contributed by atoms with Crippen molar-refractivity contribution in [2.45, 2.75) is 32.3 Å². The second-order valence-electron chi connectivity index (χ2n) is 6.91. The Morgan fingerprint density at radius 3 is 2.92 bits per heavy atom. The van der Waals surface area contributed by atoms with Gasteiger partial charge in [0.1, 0.15) is 6.10 Å². The molecule has 0 saturated carbocycles. The van der Waals surface area contributed by atoms with Crippen molar-refractivity contribution in [3.8, 4) is 0 Å². The predicted octanol–water partition coefficient (Wildman–Crippen LogP) is 2.67. The fraction of sp³-hybridized carbons (Fsp3) is 0.400. The van der Waals surface area contributed by atoms with Crippen LogP contribution in [-0.2, 0) is 17.6 Å². The summed E-state index contributed by atoms with van der Waals surface area (Å²) in [4.78, 5) is 19.3. The zero-order valence-corrected chi connectivity index (χ0v) is 14.5. The van der Waals surface area contributed by atoms with Crippen LogP contribution in [0.3, 0.4) is 0 Å². The molecule has 1 aliphatic carbocycles. The number of benzene rings is 1. The Morgan fingerprint density at radius 1 is 1.24 bits per heavy atom. The number of hydrogen-bond donors (Lipinski definition) is 1. The number of morpholine rings is 1. The van der Waals surface area contributed by atoms with E-state index < -0.39 is 0 Å². The van der Waals surface area contributed by atoms with Crippen LogP contribution in [0.1, 0.15) is 45.4 Å². The minimum atomic E-state index is -0.227. The third-order valence-corrected chi connectivity index (χ3v) is 5.02. The van der Waals surface area contributed by atoms with Gasteiger partial charge < -0.3 is 15.4 Å². The lowest BCUT2D eigenvalue weighted by molar-refractivity contribution is -0.0247. The first-order chi connectivity index (χ1) is 12.1. The van der Waals surface area contributed by atoms with E-state index in [1.807, 2.05) is 30.0 Å². The van der Waals surface area contributed by atoms with Crippen molar-refractivity contribution in [1.29, 1.82) is 0 Å². The average molecular weight is 337 g/mol. The third kappa shape index (κ3) is 3.24. The Kier molecular flexibility index (Phi) is 4.17. The summed E-state index contributed by atoms with van der Waals surface area (Å²) in [5, 5.41) is 0. The molecule has 5 nitrogen and oxygen atoms in total. The van der Waals surface area contributed by atoms with Gasteiger partial charge in [0.15, 0.2) is 0 Å². The highest BCUT2D eigenvalue weighted by atomic mass is 16.5. The summed E-state index contributed by atoms with van der Waals surface area (Å²) in [6, 6.07) is 9.80. The second-order valence-corrected chi connectivity index (χ2v) is 6.91. The van der Waals surface area contributed by atoms with Crippen molar-refractivity contribution in [2.75, 3.05) is 25.4 Å². The van der Waals surface area contributed by atoms with Gasteiger partial charge in [-0.3, -0.25) is 9.78 Å². The molecule has 1 aromatic carbocycles. The first kappa shape index (κ1) is 16.1. The maximum atomic E-state index is 12.9. The lowest BCUT2D eigenvalue weighted by atomic mass is 10.0. The maximum Gasteiger partial charge on any atom is 0.254 e. The number of pyridine rings is 1. The molecule has 1 aromatic heterocycles. The summed E-state index contributed by atoms with van der Waals surface area (Å²) in [6.45, 7) is 3.53. The molecule has 25 heavy (non-hydrogen) atoms. The Balaban J connectivity index is 1.53. The van der Waals surface area contributed by atoms with Crippen LogP contribution in [0, 0.1) is 6.92 Å². The molecule has 1 fully saturated rings. The van der Waals surface area contributed by atoms with Crippen LogP contribution in [0.15, 0.2) is 30.3 Å². The van der Waals surface area contributed by atoms with Crippen LogP contribution >= 0.6 is 0 Å². The lowest BCUT2D eigenvalue weighted by Crippen LogP contribution is -2.42. The van der Waals surface area contributed by atoms with Crippen LogP contribution in [0.25, 0.3) is 0 Å². The Bertz CT molecular complexity index is 798. The molecule has 1 amide bonds. The minimum absolute atomic E-state index is 0.0728. The van der Waals surface area contributed by atoms with E-state index >= 15 is 0 Å². The van der Waals surface area contributed by atoms with Gasteiger partial charge in [-0.15, -0.1) is 0 Å². The highest BCUT2D eigenvalue weighted by molar-refractivity contribution is 5.94. The van der Waals surface area contributed by atoms with Crippen molar-refractivity contribution in [1.82, 2.24) is 9.88 Å². The van der Waals surface area contributed by atoms with Gasteiger partial charge in [-0.2, -0.15) is 0 Å². The smallest absolute Gasteiger partial charge is 0.254 e. The number of rotatable bonds is 2. The zero-order valence-electron chi connectivity index (χ0n) is 14.5. The number of amides is 1. The van der Waals surface area contributed by atoms with Gasteiger partial charge >= 0.3 is 0 Å². The van der Waals surface area contributed by atoms with Gasteiger partial charge in [0.25, 0.3) is 5.91 Å². The van der Waals surface area contributed by atoms with Crippen molar-refractivity contribution in [3.63, 3.8) is 0 Å². The molecule has 5 heteroatoms. The van der Waals surface area contributed by atoms with E-state index in [-0.39, 0.29) is 12.0 Å². The van der Waals surface area contributed by atoms with E-state index in [1.54, 1.807) is 0 Å². The largest absolute Gasteiger partial charge is 0.399 e. The van der Waals surface area contributed by atoms with E-state index in [1.165, 1.54) is 17.5 Å². The summed E-state index contributed by atoms with van der Waals surface area (Å²) in [5.74, 6) is 0.0728. The highest BCUT2D eigenvalue weighted by Crippen LogP contribution is 2.26. The fourth-order valence-electron chi connectivity index (χ4n) is 3.79. The predicted molar refractivity (Wildman–Crippen MR) is 96.4 cm³/mol. The summed E-state index contributed by atoms with van der Waals surface area (Å²) < 4.78 is 5.85. The Morgan fingerprint density at radius 2 is 2.08 bits per heavy atom. The molecule has 2 heterocycles. The lowest BCUT2D eigenvalue weighted by Gasteiger charge is -2.33. The standard InChI is InChI=1S/C20H23N3O2/c1-13-9-17(21)11-18(22-13)19-12-23(7-8-25-19)20(24)16-6-5-14-3-2-4-15(14)10-16/h5-6,9-11,19H,2-4,7-8,12H2,1H3,(H2,21,22). The first-order valence-electron chi connectivity index (χ1n) is 8.87. The molecular formula is C20H23N3O2. The number of hydrogen-bond acceptors (Lipinski definition) is 4. The van der Waals surface area contributed by atoms with Crippen LogP contribution in [0.2, 0.25) is 0 Å². The normalized spacial score (nSPS) is 19.7.